The van der Waals surface area contributed by atoms with Gasteiger partial charge < -0.3 is 9.84 Å². The van der Waals surface area contributed by atoms with Crippen LogP contribution in [0.2, 0.25) is 0 Å². The lowest BCUT2D eigenvalue weighted by molar-refractivity contribution is -0.133. The average Bonchev–Trinajstić information content (AvgIpc) is 2.63. The number of fused-ring (bicyclic) bond motifs is 2. The number of ether oxygens (including phenoxy) is 1. The van der Waals surface area contributed by atoms with Crippen LogP contribution < -0.4 is 4.74 Å². The number of carbonyl (C=O) groups excluding carboxylic acids is 1. The van der Waals surface area contributed by atoms with E-state index in [0.29, 0.717) is 11.7 Å². The Balaban J connectivity index is 2.32. The molecule has 2 atom stereocenters. The van der Waals surface area contributed by atoms with Crippen molar-refractivity contribution in [2.45, 2.75) is 51.9 Å². The van der Waals surface area contributed by atoms with Gasteiger partial charge >= 0.3 is 5.97 Å². The summed E-state index contributed by atoms with van der Waals surface area (Å²) in [6.07, 6.45) is 3.12. The molecule has 0 saturated carbocycles. The monoisotopic (exact) mass is 246 g/mol. The topological polar surface area (TPSA) is 46.5 Å². The van der Waals surface area contributed by atoms with E-state index in [4.69, 9.17) is 4.74 Å². The maximum atomic E-state index is 11.7. The summed E-state index contributed by atoms with van der Waals surface area (Å²) in [6, 6.07) is 0. The summed E-state index contributed by atoms with van der Waals surface area (Å²) in [4.78, 5) is 11.7. The second-order valence-corrected chi connectivity index (χ2v) is 5.54. The van der Waals surface area contributed by atoms with E-state index in [1.54, 1.807) is 0 Å². The first-order valence-corrected chi connectivity index (χ1v) is 6.62. The van der Waals surface area contributed by atoms with Crippen LogP contribution in [0, 0.1) is 6.92 Å². The third kappa shape index (κ3) is 1.33. The highest BCUT2D eigenvalue weighted by Gasteiger charge is 2.37. The van der Waals surface area contributed by atoms with Gasteiger partial charge in [0.1, 0.15) is 0 Å². The van der Waals surface area contributed by atoms with E-state index in [1.807, 2.05) is 6.92 Å². The minimum absolute atomic E-state index is 0.204. The van der Waals surface area contributed by atoms with Crippen molar-refractivity contribution in [1.82, 2.24) is 0 Å². The van der Waals surface area contributed by atoms with Gasteiger partial charge in [0.05, 0.1) is 5.92 Å². The number of hydrogen-bond donors (Lipinski definition) is 1. The molecule has 2 aliphatic rings. The molecule has 1 aromatic rings. The highest BCUT2D eigenvalue weighted by molar-refractivity contribution is 5.88. The Morgan fingerprint density at radius 3 is 2.72 bits per heavy atom. The third-order valence-corrected chi connectivity index (χ3v) is 4.42. The lowest BCUT2D eigenvalue weighted by Gasteiger charge is -2.27. The molecule has 3 rings (SSSR count). The highest BCUT2D eigenvalue weighted by Crippen LogP contribution is 2.51. The number of phenols is 1. The van der Waals surface area contributed by atoms with Crippen molar-refractivity contribution in [3.05, 3.63) is 22.3 Å². The molecular weight excluding hydrogens is 228 g/mol. The molecule has 3 heteroatoms. The lowest BCUT2D eigenvalue weighted by Crippen LogP contribution is -2.11. The molecule has 0 spiro atoms. The van der Waals surface area contributed by atoms with E-state index in [1.165, 1.54) is 5.56 Å². The number of rotatable bonds is 0. The quantitative estimate of drug-likeness (QED) is 0.565. The van der Waals surface area contributed by atoms with Crippen LogP contribution in [0.1, 0.15) is 60.8 Å². The first-order valence-electron chi connectivity index (χ1n) is 6.62. The Morgan fingerprint density at radius 1 is 1.28 bits per heavy atom. The van der Waals surface area contributed by atoms with Gasteiger partial charge in [-0.15, -0.1) is 0 Å². The minimum Gasteiger partial charge on any atom is -0.504 e. The Labute approximate surface area is 107 Å². The fourth-order valence-corrected chi connectivity index (χ4v) is 3.51. The molecule has 0 fully saturated rings. The fourth-order valence-electron chi connectivity index (χ4n) is 3.51. The van der Waals surface area contributed by atoms with Gasteiger partial charge in [-0.05, 0) is 50.2 Å². The Bertz CT molecular complexity index is 545. The summed E-state index contributed by atoms with van der Waals surface area (Å²) in [5.74, 6) is 0.560. The van der Waals surface area contributed by atoms with Crippen molar-refractivity contribution in [1.29, 1.82) is 0 Å². The van der Waals surface area contributed by atoms with Gasteiger partial charge in [-0.25, -0.2) is 0 Å². The molecule has 0 saturated heterocycles. The van der Waals surface area contributed by atoms with Crippen molar-refractivity contribution >= 4 is 5.97 Å². The largest absolute Gasteiger partial charge is 0.504 e. The predicted octanol–water partition coefficient (Wildman–Crippen LogP) is 3.16. The van der Waals surface area contributed by atoms with Crippen LogP contribution in [0.3, 0.4) is 0 Å². The number of benzene rings is 1. The van der Waals surface area contributed by atoms with Crippen LogP contribution in [0.4, 0.5) is 0 Å². The van der Waals surface area contributed by atoms with Crippen molar-refractivity contribution in [3.8, 4) is 11.5 Å². The minimum atomic E-state index is -0.259. The van der Waals surface area contributed by atoms with Gasteiger partial charge in [0.15, 0.2) is 11.5 Å². The molecule has 0 amide bonds. The second-order valence-electron chi connectivity index (χ2n) is 5.54. The Morgan fingerprint density at radius 2 is 2.00 bits per heavy atom. The van der Waals surface area contributed by atoms with E-state index >= 15 is 0 Å². The van der Waals surface area contributed by atoms with Crippen LogP contribution >= 0.6 is 0 Å². The van der Waals surface area contributed by atoms with Gasteiger partial charge in [-0.1, -0.05) is 6.92 Å². The number of carbonyl (C=O) groups is 1. The van der Waals surface area contributed by atoms with E-state index < -0.39 is 0 Å². The molecule has 96 valence electrons. The van der Waals surface area contributed by atoms with Gasteiger partial charge in [-0.2, -0.15) is 0 Å². The van der Waals surface area contributed by atoms with Crippen molar-refractivity contribution in [2.24, 2.45) is 0 Å². The zero-order valence-electron chi connectivity index (χ0n) is 11.0. The molecule has 3 nitrogen and oxygen atoms in total. The van der Waals surface area contributed by atoms with Gasteiger partial charge in [0, 0.05) is 11.1 Å². The molecule has 0 radical (unpaired) electrons. The van der Waals surface area contributed by atoms with Crippen molar-refractivity contribution < 1.29 is 14.6 Å². The van der Waals surface area contributed by atoms with E-state index in [-0.39, 0.29) is 17.6 Å². The first kappa shape index (κ1) is 11.6. The molecule has 1 aliphatic heterocycles. The predicted molar refractivity (Wildman–Crippen MR) is 68.2 cm³/mol. The highest BCUT2D eigenvalue weighted by atomic mass is 16.5. The normalized spacial score (nSPS) is 25.6. The zero-order chi connectivity index (χ0) is 13.0. The van der Waals surface area contributed by atoms with Crippen LogP contribution in [0.5, 0.6) is 11.5 Å². The first-order chi connectivity index (χ1) is 8.52. The Hall–Kier alpha value is -1.51. The summed E-state index contributed by atoms with van der Waals surface area (Å²) in [5.41, 5.74) is 4.27. The maximum Gasteiger partial charge on any atom is 0.318 e. The smallest absolute Gasteiger partial charge is 0.318 e. The van der Waals surface area contributed by atoms with Crippen molar-refractivity contribution in [2.75, 3.05) is 0 Å². The standard InChI is InChI=1S/C15H18O3/c1-7-5-4-6-10-11(7)8(2)12-9(3)15(17)18-14(12)13(10)16/h7,9,16H,4-6H2,1-3H3/t7-,9+/m0/s1. The zero-order valence-corrected chi connectivity index (χ0v) is 11.0. The fraction of sp³-hybridized carbons (Fsp3) is 0.533. The van der Waals surface area contributed by atoms with Crippen LogP contribution in [0.25, 0.3) is 0 Å². The SMILES string of the molecule is Cc1c2c(c(O)c3c1[C@@H](C)C(=O)O3)CCC[C@@H]2C. The van der Waals surface area contributed by atoms with Crippen molar-refractivity contribution in [3.63, 3.8) is 0 Å². The molecule has 1 heterocycles. The summed E-state index contributed by atoms with van der Waals surface area (Å²) in [7, 11) is 0. The Kier molecular flexibility index (Phi) is 2.40. The molecule has 0 bridgehead atoms. The molecule has 1 aromatic carbocycles. The molecule has 0 unspecified atom stereocenters. The number of phenolic OH excluding ortho intramolecular Hbond substituents is 1. The maximum absolute atomic E-state index is 11.7. The number of hydrogen-bond acceptors (Lipinski definition) is 3. The summed E-state index contributed by atoms with van der Waals surface area (Å²) in [5, 5.41) is 10.4. The number of aromatic hydroxyl groups is 1. The molecule has 0 aromatic heterocycles. The molecule has 18 heavy (non-hydrogen) atoms. The van der Waals surface area contributed by atoms with E-state index in [9.17, 15) is 9.90 Å². The van der Waals surface area contributed by atoms with Gasteiger partial charge in [0.25, 0.3) is 0 Å². The van der Waals surface area contributed by atoms with Crippen LogP contribution in [-0.2, 0) is 11.2 Å². The van der Waals surface area contributed by atoms with Gasteiger partial charge in [0.2, 0.25) is 0 Å². The number of esters is 1. The average molecular weight is 246 g/mol. The van der Waals surface area contributed by atoms with E-state index in [0.717, 1.165) is 36.0 Å². The summed E-state index contributed by atoms with van der Waals surface area (Å²) >= 11 is 0. The summed E-state index contributed by atoms with van der Waals surface area (Å²) in [6.45, 7) is 6.09. The summed E-state index contributed by atoms with van der Waals surface area (Å²) < 4.78 is 5.24. The van der Waals surface area contributed by atoms with Gasteiger partial charge in [-0.3, -0.25) is 4.79 Å². The van der Waals surface area contributed by atoms with Crippen LogP contribution in [0.15, 0.2) is 0 Å². The second kappa shape index (κ2) is 3.74. The van der Waals surface area contributed by atoms with Crippen LogP contribution in [-0.4, -0.2) is 11.1 Å². The lowest BCUT2D eigenvalue weighted by atomic mass is 9.78. The molecule has 1 aliphatic carbocycles. The third-order valence-electron chi connectivity index (χ3n) is 4.42. The van der Waals surface area contributed by atoms with E-state index in [2.05, 4.69) is 13.8 Å². The molecule has 1 N–H and O–H groups in total. The molecular formula is C15H18O3.